The molecule has 1 heterocycles. The molecule has 0 aliphatic rings. The summed E-state index contributed by atoms with van der Waals surface area (Å²) in [6.45, 7) is 2.05. The largest absolute Gasteiger partial charge is 0.496 e. The van der Waals surface area contributed by atoms with Crippen molar-refractivity contribution < 1.29 is 9.53 Å². The molecule has 0 saturated heterocycles. The summed E-state index contributed by atoms with van der Waals surface area (Å²) < 4.78 is 5.41. The Morgan fingerprint density at radius 1 is 1.10 bits per heavy atom. The molecule has 1 aromatic heterocycles. The number of fused-ring (bicyclic) bond motifs is 1. The van der Waals surface area contributed by atoms with Gasteiger partial charge in [-0.05, 0) is 24.6 Å². The Labute approximate surface area is 117 Å². The lowest BCUT2D eigenvalue weighted by Gasteiger charge is -2.10. The highest BCUT2D eigenvalue weighted by atomic mass is 16.5. The second-order valence-corrected chi connectivity index (χ2v) is 4.71. The highest BCUT2D eigenvalue weighted by Crippen LogP contribution is 2.37. The topological polar surface area (TPSA) is 42.1 Å². The Hall–Kier alpha value is -2.55. The molecule has 0 spiro atoms. The highest BCUT2D eigenvalue weighted by molar-refractivity contribution is 5.96. The molecule has 0 aliphatic heterocycles. The second kappa shape index (κ2) is 4.85. The van der Waals surface area contributed by atoms with Crippen LogP contribution in [0.5, 0.6) is 5.75 Å². The van der Waals surface area contributed by atoms with Crippen LogP contribution in [-0.2, 0) is 0 Å². The second-order valence-electron chi connectivity index (χ2n) is 4.71. The van der Waals surface area contributed by atoms with Crippen LogP contribution in [0.3, 0.4) is 0 Å². The van der Waals surface area contributed by atoms with E-state index >= 15 is 0 Å². The number of carbonyl (C=O) groups excluding carboxylic acids is 1. The van der Waals surface area contributed by atoms with E-state index in [-0.39, 0.29) is 0 Å². The fourth-order valence-corrected chi connectivity index (χ4v) is 2.62. The molecule has 0 amide bonds. The predicted molar refractivity (Wildman–Crippen MR) is 80.4 cm³/mol. The van der Waals surface area contributed by atoms with E-state index in [1.54, 1.807) is 13.2 Å². The fraction of sp³-hybridized carbons (Fsp3) is 0.118. The zero-order valence-electron chi connectivity index (χ0n) is 11.4. The molecule has 0 radical (unpaired) electrons. The quantitative estimate of drug-likeness (QED) is 0.728. The minimum atomic E-state index is 0.624. The molecule has 1 N–H and O–H groups in total. The van der Waals surface area contributed by atoms with Crippen LogP contribution < -0.4 is 4.74 Å². The Morgan fingerprint density at radius 2 is 1.90 bits per heavy atom. The summed E-state index contributed by atoms with van der Waals surface area (Å²) in [6, 6.07) is 13.6. The lowest BCUT2D eigenvalue weighted by molar-refractivity contribution is 0.112. The van der Waals surface area contributed by atoms with E-state index in [9.17, 15) is 4.79 Å². The molecule has 0 unspecified atom stereocenters. The number of hydrogen-bond acceptors (Lipinski definition) is 2. The number of hydrogen-bond donors (Lipinski definition) is 1. The summed E-state index contributed by atoms with van der Waals surface area (Å²) in [5, 5.41) is 1.16. The van der Waals surface area contributed by atoms with Gasteiger partial charge in [-0.15, -0.1) is 0 Å². The van der Waals surface area contributed by atoms with Crippen molar-refractivity contribution in [1.29, 1.82) is 0 Å². The number of aldehydes is 1. The summed E-state index contributed by atoms with van der Waals surface area (Å²) >= 11 is 0. The standard InChI is InChI=1S/C17H15NO2/c1-11-13-7-3-4-8-14(13)18-17(11)16-12(10-19)6-5-9-15(16)20-2/h3-10,18H,1-2H3. The van der Waals surface area contributed by atoms with Crippen LogP contribution in [0.1, 0.15) is 15.9 Å². The van der Waals surface area contributed by atoms with E-state index in [4.69, 9.17) is 4.74 Å². The van der Waals surface area contributed by atoms with Gasteiger partial charge in [0.15, 0.2) is 6.29 Å². The van der Waals surface area contributed by atoms with Gasteiger partial charge in [0.25, 0.3) is 0 Å². The molecule has 2 aromatic carbocycles. The van der Waals surface area contributed by atoms with Gasteiger partial charge in [0.1, 0.15) is 5.75 Å². The lowest BCUT2D eigenvalue weighted by Crippen LogP contribution is -1.94. The van der Waals surface area contributed by atoms with Crippen LogP contribution in [0.2, 0.25) is 0 Å². The summed E-state index contributed by atoms with van der Waals surface area (Å²) in [6.07, 6.45) is 0.864. The van der Waals surface area contributed by atoms with Crippen molar-refractivity contribution >= 4 is 17.2 Å². The maximum absolute atomic E-state index is 11.3. The van der Waals surface area contributed by atoms with Crippen LogP contribution in [0.25, 0.3) is 22.2 Å². The number of rotatable bonds is 3. The van der Waals surface area contributed by atoms with Crippen molar-refractivity contribution in [2.75, 3.05) is 7.11 Å². The number of methoxy groups -OCH3 is 1. The third-order valence-electron chi connectivity index (χ3n) is 3.62. The van der Waals surface area contributed by atoms with Gasteiger partial charge in [-0.3, -0.25) is 4.79 Å². The molecule has 0 bridgehead atoms. The van der Waals surface area contributed by atoms with Crippen molar-refractivity contribution in [2.45, 2.75) is 6.92 Å². The Kier molecular flexibility index (Phi) is 3.03. The molecule has 100 valence electrons. The first-order chi connectivity index (χ1) is 9.76. The van der Waals surface area contributed by atoms with Crippen molar-refractivity contribution in [3.8, 4) is 17.0 Å². The first-order valence-corrected chi connectivity index (χ1v) is 6.46. The van der Waals surface area contributed by atoms with E-state index in [2.05, 4.69) is 18.0 Å². The molecule has 3 aromatic rings. The number of nitrogens with one attached hydrogen (secondary N) is 1. The van der Waals surface area contributed by atoms with Gasteiger partial charge in [-0.25, -0.2) is 0 Å². The molecule has 3 rings (SSSR count). The molecule has 0 saturated carbocycles. The van der Waals surface area contributed by atoms with Crippen molar-refractivity contribution in [1.82, 2.24) is 4.98 Å². The smallest absolute Gasteiger partial charge is 0.150 e. The minimum absolute atomic E-state index is 0.624. The maximum atomic E-state index is 11.3. The molecule has 3 nitrogen and oxygen atoms in total. The number of aromatic amines is 1. The van der Waals surface area contributed by atoms with E-state index in [0.29, 0.717) is 11.3 Å². The van der Waals surface area contributed by atoms with Crippen LogP contribution in [0, 0.1) is 6.92 Å². The summed E-state index contributed by atoms with van der Waals surface area (Å²) in [4.78, 5) is 14.7. The van der Waals surface area contributed by atoms with Crippen molar-refractivity contribution in [3.63, 3.8) is 0 Å². The Bertz CT molecular complexity index is 787. The summed E-state index contributed by atoms with van der Waals surface area (Å²) in [5.74, 6) is 0.698. The van der Waals surface area contributed by atoms with Gasteiger partial charge in [0, 0.05) is 16.5 Å². The van der Waals surface area contributed by atoms with Crippen LogP contribution in [0.4, 0.5) is 0 Å². The first kappa shape index (κ1) is 12.5. The molecular weight excluding hydrogens is 250 g/mol. The van der Waals surface area contributed by atoms with Crippen molar-refractivity contribution in [3.05, 3.63) is 53.6 Å². The van der Waals surface area contributed by atoms with Gasteiger partial charge in [-0.1, -0.05) is 30.3 Å². The molecule has 20 heavy (non-hydrogen) atoms. The molecule has 0 atom stereocenters. The minimum Gasteiger partial charge on any atom is -0.496 e. The molecular formula is C17H15NO2. The average Bonchev–Trinajstić information content (AvgIpc) is 2.83. The third kappa shape index (κ3) is 1.79. The molecule has 0 aliphatic carbocycles. The van der Waals surface area contributed by atoms with E-state index in [0.717, 1.165) is 34.0 Å². The van der Waals surface area contributed by atoms with Gasteiger partial charge >= 0.3 is 0 Å². The zero-order chi connectivity index (χ0) is 14.1. The van der Waals surface area contributed by atoms with Crippen LogP contribution >= 0.6 is 0 Å². The van der Waals surface area contributed by atoms with Crippen LogP contribution in [0.15, 0.2) is 42.5 Å². The third-order valence-corrected chi connectivity index (χ3v) is 3.62. The SMILES string of the molecule is COc1cccc(C=O)c1-c1[nH]c2ccccc2c1C. The van der Waals surface area contributed by atoms with Crippen LogP contribution in [-0.4, -0.2) is 18.4 Å². The normalized spacial score (nSPS) is 10.7. The van der Waals surface area contributed by atoms with Crippen molar-refractivity contribution in [2.24, 2.45) is 0 Å². The van der Waals surface area contributed by atoms with Gasteiger partial charge in [0.2, 0.25) is 0 Å². The number of aryl methyl sites for hydroxylation is 1. The average molecular weight is 265 g/mol. The summed E-state index contributed by atoms with van der Waals surface area (Å²) in [7, 11) is 1.62. The van der Waals surface area contributed by atoms with Gasteiger partial charge < -0.3 is 9.72 Å². The number of benzene rings is 2. The number of carbonyl (C=O) groups is 1. The first-order valence-electron chi connectivity index (χ1n) is 6.46. The lowest BCUT2D eigenvalue weighted by atomic mass is 10.0. The van der Waals surface area contributed by atoms with Gasteiger partial charge in [-0.2, -0.15) is 0 Å². The zero-order valence-corrected chi connectivity index (χ0v) is 11.4. The summed E-state index contributed by atoms with van der Waals surface area (Å²) in [5.41, 5.74) is 4.56. The predicted octanol–water partition coefficient (Wildman–Crippen LogP) is 3.96. The Morgan fingerprint density at radius 3 is 2.60 bits per heavy atom. The molecule has 3 heteroatoms. The monoisotopic (exact) mass is 265 g/mol. The number of aromatic nitrogens is 1. The number of H-pyrrole nitrogens is 1. The Balaban J connectivity index is 2.36. The molecule has 0 fully saturated rings. The highest BCUT2D eigenvalue weighted by Gasteiger charge is 2.16. The van der Waals surface area contributed by atoms with E-state index in [1.165, 1.54) is 0 Å². The van der Waals surface area contributed by atoms with E-state index < -0.39 is 0 Å². The number of ether oxygens (including phenoxy) is 1. The van der Waals surface area contributed by atoms with E-state index in [1.807, 2.05) is 30.3 Å². The maximum Gasteiger partial charge on any atom is 0.150 e. The van der Waals surface area contributed by atoms with Gasteiger partial charge in [0.05, 0.1) is 18.4 Å². The number of para-hydroxylation sites is 1. The fourth-order valence-electron chi connectivity index (χ4n) is 2.62.